The van der Waals surface area contributed by atoms with Crippen LogP contribution in [-0.2, 0) is 0 Å². The lowest BCUT2D eigenvalue weighted by Crippen LogP contribution is -2.28. The number of anilines is 1. The number of nitro benzene ring substituents is 1. The lowest BCUT2D eigenvalue weighted by atomic mass is 10.1. The summed E-state index contributed by atoms with van der Waals surface area (Å²) in [7, 11) is 1.59. The van der Waals surface area contributed by atoms with E-state index in [4.69, 9.17) is 9.47 Å². The van der Waals surface area contributed by atoms with E-state index < -0.39 is 4.92 Å². The Balaban J connectivity index is 1.52. The molecule has 1 amide bonds. The fourth-order valence-electron chi connectivity index (χ4n) is 2.50. The van der Waals surface area contributed by atoms with E-state index in [9.17, 15) is 14.9 Å². The third kappa shape index (κ3) is 5.10. The van der Waals surface area contributed by atoms with Crippen LogP contribution in [0.2, 0.25) is 0 Å². The Kier molecular flexibility index (Phi) is 5.75. The first-order valence-corrected chi connectivity index (χ1v) is 8.67. The number of nitro groups is 1. The molecule has 2 N–H and O–H groups in total. The second kappa shape index (κ2) is 8.39. The molecule has 1 aliphatic carbocycles. The van der Waals surface area contributed by atoms with Gasteiger partial charge in [-0.3, -0.25) is 14.9 Å². The van der Waals surface area contributed by atoms with Crippen LogP contribution in [0.4, 0.5) is 11.4 Å². The van der Waals surface area contributed by atoms with Gasteiger partial charge in [-0.25, -0.2) is 0 Å². The Hall–Kier alpha value is -3.29. The number of hydrogen-bond acceptors (Lipinski definition) is 6. The molecule has 3 rings (SSSR count). The van der Waals surface area contributed by atoms with Crippen molar-refractivity contribution in [2.75, 3.05) is 25.6 Å². The molecule has 1 saturated carbocycles. The number of carbonyl (C=O) groups is 1. The Morgan fingerprint density at radius 3 is 2.52 bits per heavy atom. The molecule has 0 spiro atoms. The maximum absolute atomic E-state index is 12.2. The monoisotopic (exact) mass is 371 g/mol. The Morgan fingerprint density at radius 2 is 1.89 bits per heavy atom. The van der Waals surface area contributed by atoms with E-state index in [-0.39, 0.29) is 30.3 Å². The number of carbonyl (C=O) groups excluding carboxylic acids is 1. The van der Waals surface area contributed by atoms with Crippen LogP contribution in [-0.4, -0.2) is 37.1 Å². The summed E-state index contributed by atoms with van der Waals surface area (Å²) in [6, 6.07) is 11.9. The minimum Gasteiger partial charge on any atom is -0.497 e. The molecule has 0 saturated heterocycles. The zero-order chi connectivity index (χ0) is 19.2. The molecule has 2 aromatic carbocycles. The summed E-state index contributed by atoms with van der Waals surface area (Å²) in [4.78, 5) is 23.0. The molecule has 1 aliphatic rings. The van der Waals surface area contributed by atoms with Gasteiger partial charge >= 0.3 is 0 Å². The predicted octanol–water partition coefficient (Wildman–Crippen LogP) is 2.99. The average Bonchev–Trinajstić information content (AvgIpc) is 3.49. The third-order valence-corrected chi connectivity index (χ3v) is 4.11. The van der Waals surface area contributed by atoms with Crippen molar-refractivity contribution < 1.29 is 19.2 Å². The molecule has 0 radical (unpaired) electrons. The smallest absolute Gasteiger partial charge is 0.293 e. The van der Waals surface area contributed by atoms with Crippen LogP contribution in [0.15, 0.2) is 42.5 Å². The van der Waals surface area contributed by atoms with Gasteiger partial charge in [0.1, 0.15) is 23.8 Å². The summed E-state index contributed by atoms with van der Waals surface area (Å²) < 4.78 is 10.6. The number of nitrogens with zero attached hydrogens (tertiary/aromatic N) is 1. The maximum atomic E-state index is 12.2. The van der Waals surface area contributed by atoms with Crippen molar-refractivity contribution >= 4 is 17.3 Å². The van der Waals surface area contributed by atoms with Crippen molar-refractivity contribution in [3.8, 4) is 11.5 Å². The van der Waals surface area contributed by atoms with Crippen LogP contribution in [0, 0.1) is 10.1 Å². The van der Waals surface area contributed by atoms with Crippen LogP contribution in [0.1, 0.15) is 23.2 Å². The molecule has 0 unspecified atom stereocenters. The number of ether oxygens (including phenoxy) is 2. The van der Waals surface area contributed by atoms with Gasteiger partial charge in [0.15, 0.2) is 0 Å². The van der Waals surface area contributed by atoms with E-state index >= 15 is 0 Å². The zero-order valence-electron chi connectivity index (χ0n) is 14.9. The second-order valence-electron chi connectivity index (χ2n) is 6.19. The number of methoxy groups -OCH3 is 1. The van der Waals surface area contributed by atoms with Gasteiger partial charge < -0.3 is 20.1 Å². The fourth-order valence-corrected chi connectivity index (χ4v) is 2.50. The number of hydrogen-bond donors (Lipinski definition) is 2. The van der Waals surface area contributed by atoms with Gasteiger partial charge in [0.05, 0.1) is 18.6 Å². The summed E-state index contributed by atoms with van der Waals surface area (Å²) in [6.45, 7) is 0.558. The summed E-state index contributed by atoms with van der Waals surface area (Å²) in [5.74, 6) is 1.02. The molecule has 0 atom stereocenters. The van der Waals surface area contributed by atoms with Crippen molar-refractivity contribution in [1.82, 2.24) is 5.32 Å². The molecule has 8 heteroatoms. The summed E-state index contributed by atoms with van der Waals surface area (Å²) in [6.07, 6.45) is 2.02. The van der Waals surface area contributed by atoms with E-state index in [0.717, 1.165) is 18.6 Å². The Morgan fingerprint density at radius 1 is 1.19 bits per heavy atom. The highest BCUT2D eigenvalue weighted by molar-refractivity contribution is 5.95. The molecule has 2 aromatic rings. The number of rotatable bonds is 9. The standard InChI is InChI=1S/C19H21N3O5/c1-26-15-5-7-16(8-6-15)27-11-10-20-19(23)13-2-9-17(21-14-3-4-14)18(12-13)22(24)25/h2,5-9,12,14,21H,3-4,10-11H2,1H3,(H,20,23). The van der Waals surface area contributed by atoms with E-state index in [2.05, 4.69) is 10.6 Å². The molecular weight excluding hydrogens is 350 g/mol. The molecule has 0 aromatic heterocycles. The summed E-state index contributed by atoms with van der Waals surface area (Å²) in [5.41, 5.74) is 0.596. The average molecular weight is 371 g/mol. The van der Waals surface area contributed by atoms with Crippen LogP contribution in [0.5, 0.6) is 11.5 Å². The van der Waals surface area contributed by atoms with Crippen molar-refractivity contribution in [1.29, 1.82) is 0 Å². The lowest BCUT2D eigenvalue weighted by molar-refractivity contribution is -0.384. The van der Waals surface area contributed by atoms with Gasteiger partial charge in [0.2, 0.25) is 0 Å². The number of benzene rings is 2. The van der Waals surface area contributed by atoms with E-state index in [1.165, 1.54) is 6.07 Å². The van der Waals surface area contributed by atoms with Gasteiger partial charge in [-0.15, -0.1) is 0 Å². The molecular formula is C19H21N3O5. The first-order valence-electron chi connectivity index (χ1n) is 8.67. The largest absolute Gasteiger partial charge is 0.497 e. The van der Waals surface area contributed by atoms with E-state index in [0.29, 0.717) is 17.5 Å². The third-order valence-electron chi connectivity index (χ3n) is 4.11. The highest BCUT2D eigenvalue weighted by Crippen LogP contribution is 2.31. The molecule has 0 heterocycles. The SMILES string of the molecule is COc1ccc(OCCNC(=O)c2ccc(NC3CC3)c([N+](=O)[O-])c2)cc1. The molecule has 1 fully saturated rings. The molecule has 0 aliphatic heterocycles. The zero-order valence-corrected chi connectivity index (χ0v) is 14.9. The highest BCUT2D eigenvalue weighted by atomic mass is 16.6. The normalized spacial score (nSPS) is 12.9. The summed E-state index contributed by atoms with van der Waals surface area (Å²) in [5, 5.41) is 17.1. The highest BCUT2D eigenvalue weighted by Gasteiger charge is 2.25. The van der Waals surface area contributed by atoms with Gasteiger partial charge in [0, 0.05) is 17.7 Å². The lowest BCUT2D eigenvalue weighted by Gasteiger charge is -2.10. The van der Waals surface area contributed by atoms with Crippen LogP contribution in [0.25, 0.3) is 0 Å². The topological polar surface area (TPSA) is 103 Å². The summed E-state index contributed by atoms with van der Waals surface area (Å²) >= 11 is 0. The Labute approximate surface area is 156 Å². The van der Waals surface area contributed by atoms with Crippen LogP contribution >= 0.6 is 0 Å². The minimum atomic E-state index is -0.478. The van der Waals surface area contributed by atoms with Crippen LogP contribution in [0.3, 0.4) is 0 Å². The van der Waals surface area contributed by atoms with Crippen molar-refractivity contribution in [2.24, 2.45) is 0 Å². The fraction of sp³-hybridized carbons (Fsp3) is 0.316. The second-order valence-corrected chi connectivity index (χ2v) is 6.19. The number of nitrogens with one attached hydrogen (secondary N) is 2. The van der Waals surface area contributed by atoms with Gasteiger partial charge in [0.25, 0.3) is 11.6 Å². The molecule has 142 valence electrons. The van der Waals surface area contributed by atoms with Crippen molar-refractivity contribution in [3.05, 3.63) is 58.1 Å². The van der Waals surface area contributed by atoms with Gasteiger partial charge in [-0.2, -0.15) is 0 Å². The number of amides is 1. The molecule has 8 nitrogen and oxygen atoms in total. The first-order chi connectivity index (χ1) is 13.1. The first kappa shape index (κ1) is 18.5. The quantitative estimate of drug-likeness (QED) is 0.399. The van der Waals surface area contributed by atoms with Gasteiger partial charge in [-0.05, 0) is 49.2 Å². The molecule has 27 heavy (non-hydrogen) atoms. The molecule has 0 bridgehead atoms. The van der Waals surface area contributed by atoms with Gasteiger partial charge in [-0.1, -0.05) is 0 Å². The predicted molar refractivity (Wildman–Crippen MR) is 101 cm³/mol. The van der Waals surface area contributed by atoms with Crippen molar-refractivity contribution in [3.63, 3.8) is 0 Å². The van der Waals surface area contributed by atoms with Crippen LogP contribution < -0.4 is 20.1 Å². The minimum absolute atomic E-state index is 0.0935. The van der Waals surface area contributed by atoms with E-state index in [1.807, 2.05) is 0 Å². The maximum Gasteiger partial charge on any atom is 0.293 e. The Bertz CT molecular complexity index is 819. The van der Waals surface area contributed by atoms with Crippen molar-refractivity contribution in [2.45, 2.75) is 18.9 Å². The van der Waals surface area contributed by atoms with E-state index in [1.54, 1.807) is 43.5 Å².